The van der Waals surface area contributed by atoms with Gasteiger partial charge in [-0.1, -0.05) is 52.0 Å². The number of hydrogen-bond donors (Lipinski definition) is 6. The molecule has 9 nitrogen and oxygen atoms in total. The second-order valence-corrected chi connectivity index (χ2v) is 13.8. The third-order valence-corrected chi connectivity index (χ3v) is 11.5. The summed E-state index contributed by atoms with van der Waals surface area (Å²) in [6.45, 7) is 6.56. The van der Waals surface area contributed by atoms with Crippen molar-refractivity contribution in [1.29, 1.82) is 0 Å². The van der Waals surface area contributed by atoms with E-state index in [2.05, 4.69) is 0 Å². The molecule has 3 aliphatic rings. The van der Waals surface area contributed by atoms with Gasteiger partial charge in [0.2, 0.25) is 5.91 Å². The molecular formula is C32H39NO8S. The first-order valence-electron chi connectivity index (χ1n) is 14.2. The lowest BCUT2D eigenvalue weighted by Gasteiger charge is -2.69. The average molecular weight is 598 g/mol. The summed E-state index contributed by atoms with van der Waals surface area (Å²) in [6, 6.07) is 12.5. The fraction of sp³-hybridized carbons (Fsp3) is 0.531. The summed E-state index contributed by atoms with van der Waals surface area (Å²) in [7, 11) is 0. The molecule has 0 spiro atoms. The van der Waals surface area contributed by atoms with Crippen molar-refractivity contribution >= 4 is 29.2 Å². The zero-order chi connectivity index (χ0) is 31.1. The number of phenols is 1. The highest BCUT2D eigenvalue weighted by molar-refractivity contribution is 7.98. The van der Waals surface area contributed by atoms with Crippen LogP contribution in [0.4, 0.5) is 0 Å². The van der Waals surface area contributed by atoms with Gasteiger partial charge in [-0.05, 0) is 59.8 Å². The van der Waals surface area contributed by atoms with Crippen LogP contribution in [0.2, 0.25) is 0 Å². The molecule has 7 N–H and O–H groups in total. The predicted molar refractivity (Wildman–Crippen MR) is 156 cm³/mol. The Bertz CT molecular complexity index is 1440. The topological polar surface area (TPSA) is 178 Å². The van der Waals surface area contributed by atoms with Crippen LogP contribution in [0, 0.1) is 34.5 Å². The second kappa shape index (κ2) is 10.2. The SMILES string of the molecule is CSc1ccc(C[C@@H]2c3cccc(O)c3C(=O)[C@@H]3C(O)[C@@]4(O)C(=O)[C@H](C(N)=O)C(O)[C@H](C(C)C)[C@@]4(C)[C@H](O)[C@@]23C)cc1. The summed E-state index contributed by atoms with van der Waals surface area (Å²) < 4.78 is 0. The smallest absolute Gasteiger partial charge is 0.230 e. The van der Waals surface area contributed by atoms with E-state index >= 15 is 0 Å². The Labute approximate surface area is 249 Å². The molecule has 42 heavy (non-hydrogen) atoms. The fourth-order valence-electron chi connectivity index (χ4n) is 8.88. The molecule has 0 aromatic heterocycles. The van der Waals surface area contributed by atoms with Crippen molar-refractivity contribution in [2.24, 2.45) is 40.2 Å². The van der Waals surface area contributed by atoms with E-state index in [0.29, 0.717) is 12.0 Å². The maximum absolute atomic E-state index is 14.2. The number of aliphatic hydroxyl groups is 4. The fourth-order valence-corrected chi connectivity index (χ4v) is 9.29. The number of phenolic OH excluding ortho intramolecular Hbond substituents is 1. The average Bonchev–Trinajstić information content (AvgIpc) is 2.92. The van der Waals surface area contributed by atoms with E-state index in [1.54, 1.807) is 44.7 Å². The van der Waals surface area contributed by atoms with Crippen LogP contribution in [-0.4, -0.2) is 73.2 Å². The monoisotopic (exact) mass is 597 g/mol. The van der Waals surface area contributed by atoms with Crippen LogP contribution in [-0.2, 0) is 16.0 Å². The van der Waals surface area contributed by atoms with Crippen molar-refractivity contribution in [2.75, 3.05) is 6.26 Å². The van der Waals surface area contributed by atoms with Crippen molar-refractivity contribution < 1.29 is 39.9 Å². The number of rotatable bonds is 5. The van der Waals surface area contributed by atoms with Gasteiger partial charge in [0.15, 0.2) is 17.2 Å². The number of ketones is 2. The highest BCUT2D eigenvalue weighted by Gasteiger charge is 2.80. The lowest BCUT2D eigenvalue weighted by molar-refractivity contribution is -0.307. The summed E-state index contributed by atoms with van der Waals surface area (Å²) in [5.41, 5.74) is 0.654. The van der Waals surface area contributed by atoms with Gasteiger partial charge in [-0.2, -0.15) is 0 Å². The first-order valence-corrected chi connectivity index (χ1v) is 15.4. The molecule has 0 aliphatic heterocycles. The highest BCUT2D eigenvalue weighted by Crippen LogP contribution is 2.68. The van der Waals surface area contributed by atoms with E-state index in [1.807, 2.05) is 30.5 Å². The lowest BCUT2D eigenvalue weighted by Crippen LogP contribution is -2.83. The van der Waals surface area contributed by atoms with Crippen LogP contribution in [0.1, 0.15) is 55.1 Å². The third kappa shape index (κ3) is 3.75. The second-order valence-electron chi connectivity index (χ2n) is 13.0. The normalized spacial score (nSPS) is 39.4. The summed E-state index contributed by atoms with van der Waals surface area (Å²) in [5, 5.41) is 59.3. The third-order valence-electron chi connectivity index (χ3n) is 10.8. The van der Waals surface area contributed by atoms with E-state index in [-0.39, 0.29) is 11.3 Å². The number of carbonyl (C=O) groups is 3. The van der Waals surface area contributed by atoms with Crippen LogP contribution in [0.15, 0.2) is 47.4 Å². The van der Waals surface area contributed by atoms with Gasteiger partial charge in [0.05, 0.1) is 23.7 Å². The van der Waals surface area contributed by atoms with Crippen molar-refractivity contribution in [1.82, 2.24) is 0 Å². The quantitative estimate of drug-likeness (QED) is 0.222. The molecule has 2 aromatic rings. The number of aliphatic hydroxyl groups excluding tert-OH is 3. The van der Waals surface area contributed by atoms with Gasteiger partial charge in [0.1, 0.15) is 17.8 Å². The number of Topliss-reactive ketones (excluding diaryl/α,β-unsaturated/α-hetero) is 2. The van der Waals surface area contributed by atoms with Crippen LogP contribution < -0.4 is 5.73 Å². The number of aromatic hydroxyl groups is 1. The molecule has 2 fully saturated rings. The summed E-state index contributed by atoms with van der Waals surface area (Å²) >= 11 is 1.58. The van der Waals surface area contributed by atoms with E-state index in [9.17, 15) is 39.9 Å². The molecule has 2 unspecified atom stereocenters. The van der Waals surface area contributed by atoms with E-state index < -0.39 is 81.8 Å². The Hall–Kier alpha value is -2.76. The Morgan fingerprint density at radius 3 is 2.21 bits per heavy atom. The molecule has 0 bridgehead atoms. The van der Waals surface area contributed by atoms with Crippen LogP contribution in [0.5, 0.6) is 5.75 Å². The predicted octanol–water partition coefficient (Wildman–Crippen LogP) is 2.05. The van der Waals surface area contributed by atoms with Crippen molar-refractivity contribution in [3.05, 3.63) is 59.2 Å². The largest absolute Gasteiger partial charge is 0.507 e. The minimum Gasteiger partial charge on any atom is -0.507 e. The number of hydrogen-bond acceptors (Lipinski definition) is 9. The van der Waals surface area contributed by atoms with Crippen LogP contribution in [0.25, 0.3) is 0 Å². The lowest BCUT2D eigenvalue weighted by atomic mass is 9.36. The maximum atomic E-state index is 14.2. The Kier molecular flexibility index (Phi) is 7.43. The molecule has 3 aliphatic carbocycles. The summed E-state index contributed by atoms with van der Waals surface area (Å²) in [4.78, 5) is 41.7. The molecule has 10 atom stereocenters. The van der Waals surface area contributed by atoms with Gasteiger partial charge in [-0.15, -0.1) is 11.8 Å². The Balaban J connectivity index is 1.80. The van der Waals surface area contributed by atoms with Gasteiger partial charge < -0.3 is 31.3 Å². The molecule has 226 valence electrons. The van der Waals surface area contributed by atoms with Crippen LogP contribution in [0.3, 0.4) is 0 Å². The molecule has 0 radical (unpaired) electrons. The molecular weight excluding hydrogens is 558 g/mol. The number of nitrogens with two attached hydrogens (primary N) is 1. The van der Waals surface area contributed by atoms with E-state index in [4.69, 9.17) is 5.73 Å². The van der Waals surface area contributed by atoms with Crippen molar-refractivity contribution in [3.63, 3.8) is 0 Å². The van der Waals surface area contributed by atoms with Gasteiger partial charge in [0, 0.05) is 15.7 Å². The molecule has 0 saturated heterocycles. The first-order chi connectivity index (χ1) is 19.6. The molecule has 1 amide bonds. The Morgan fingerprint density at radius 2 is 1.67 bits per heavy atom. The number of fused-ring (bicyclic) bond motifs is 3. The number of thioether (sulfide) groups is 1. The zero-order valence-electron chi connectivity index (χ0n) is 24.3. The molecule has 5 rings (SSSR count). The standard InChI is InChI=1S/C32H39NO8S/c1-14(2)22-25(36)21(28(33)39)26(37)32(41)27(38)23-24(35)20-17(7-6-8-19(20)34)18(30(23,3)29(40)31(22,32)4)13-15-9-11-16(42-5)12-10-15/h6-12,14,18,21-23,25,27,29,34,36,38,40-41H,13H2,1-5H3,(H2,33,39)/t18-,21-,22+,23-,25?,27?,29-,30+,31+,32+/m1/s1. The number of primary amides is 1. The minimum atomic E-state index is -2.81. The molecule has 2 aromatic carbocycles. The Morgan fingerprint density at radius 1 is 1.05 bits per heavy atom. The molecule has 2 saturated carbocycles. The van der Waals surface area contributed by atoms with Crippen LogP contribution >= 0.6 is 11.8 Å². The maximum Gasteiger partial charge on any atom is 0.230 e. The van der Waals surface area contributed by atoms with Gasteiger partial charge in [-0.3, -0.25) is 14.4 Å². The van der Waals surface area contributed by atoms with Gasteiger partial charge in [0.25, 0.3) is 0 Å². The van der Waals surface area contributed by atoms with E-state index in [0.717, 1.165) is 10.5 Å². The van der Waals surface area contributed by atoms with Crippen molar-refractivity contribution in [3.8, 4) is 5.75 Å². The van der Waals surface area contributed by atoms with E-state index in [1.165, 1.54) is 13.0 Å². The zero-order valence-corrected chi connectivity index (χ0v) is 25.1. The summed E-state index contributed by atoms with van der Waals surface area (Å²) in [6.07, 6.45) is -3.09. The first kappa shape index (κ1) is 30.7. The number of carbonyl (C=O) groups excluding carboxylic acids is 3. The number of amides is 1. The summed E-state index contributed by atoms with van der Waals surface area (Å²) in [5.74, 6) is -9.05. The number of benzene rings is 2. The minimum absolute atomic E-state index is 0.0423. The molecule has 10 heteroatoms. The highest BCUT2D eigenvalue weighted by atomic mass is 32.2. The van der Waals surface area contributed by atoms with Gasteiger partial charge >= 0.3 is 0 Å². The van der Waals surface area contributed by atoms with Gasteiger partial charge in [-0.25, -0.2) is 0 Å². The van der Waals surface area contributed by atoms with Crippen molar-refractivity contribution in [2.45, 2.75) is 68.8 Å². The molecule has 0 heterocycles.